The Labute approximate surface area is 244 Å². The molecular weight excluding hydrogens is 640 g/mol. The Morgan fingerprint density at radius 1 is 1.05 bits per heavy atom. The van der Waals surface area contributed by atoms with Crippen LogP contribution >= 0.6 is 22.6 Å². The minimum Gasteiger partial charge on any atom is -0.482 e. The summed E-state index contributed by atoms with van der Waals surface area (Å²) in [6.07, 6.45) is -1.09. The summed E-state index contributed by atoms with van der Waals surface area (Å²) in [5.41, 5.74) is -0.495. The van der Waals surface area contributed by atoms with Crippen LogP contribution in [0.25, 0.3) is 0 Å². The number of rotatable bonds is 8. The van der Waals surface area contributed by atoms with Gasteiger partial charge >= 0.3 is 6.18 Å². The zero-order valence-electron chi connectivity index (χ0n) is 21.7. The lowest BCUT2D eigenvalue weighted by atomic mass is 9.84. The largest absolute Gasteiger partial charge is 0.482 e. The Morgan fingerprint density at radius 2 is 1.73 bits per heavy atom. The SMILES string of the molecule is O=C(NCCO)C1=CC(Oc2ccccc2I)C(O)C(N(C(=O)c2ccc(C(F)(F)F)cc2)C2CCCCC2)C1. The van der Waals surface area contributed by atoms with Gasteiger partial charge in [-0.3, -0.25) is 9.59 Å². The van der Waals surface area contributed by atoms with Crippen molar-refractivity contribution in [3.05, 3.63) is 74.9 Å². The maximum atomic E-state index is 14.0. The van der Waals surface area contributed by atoms with E-state index in [4.69, 9.17) is 4.74 Å². The van der Waals surface area contributed by atoms with Gasteiger partial charge in [0.2, 0.25) is 5.91 Å². The van der Waals surface area contributed by atoms with E-state index in [1.165, 1.54) is 0 Å². The average Bonchev–Trinajstić information content (AvgIpc) is 2.95. The van der Waals surface area contributed by atoms with Gasteiger partial charge in [0, 0.05) is 30.1 Å². The van der Waals surface area contributed by atoms with E-state index in [2.05, 4.69) is 27.9 Å². The third-order valence-electron chi connectivity index (χ3n) is 7.33. The number of carbonyl (C=O) groups is 2. The lowest BCUT2D eigenvalue weighted by molar-refractivity contribution is -0.137. The highest BCUT2D eigenvalue weighted by atomic mass is 127. The number of alkyl halides is 3. The summed E-state index contributed by atoms with van der Waals surface area (Å²) in [6, 6.07) is 10.1. The number of nitrogens with one attached hydrogen (secondary N) is 1. The number of amides is 2. The molecule has 11 heteroatoms. The second kappa shape index (κ2) is 13.3. The van der Waals surface area contributed by atoms with Gasteiger partial charge in [0.05, 0.1) is 21.8 Å². The molecule has 0 aromatic heterocycles. The monoisotopic (exact) mass is 672 g/mol. The smallest absolute Gasteiger partial charge is 0.416 e. The second-order valence-electron chi connectivity index (χ2n) is 10.0. The van der Waals surface area contributed by atoms with Gasteiger partial charge < -0.3 is 25.2 Å². The molecule has 0 heterocycles. The number of nitrogens with zero attached hydrogens (tertiary/aromatic N) is 1. The molecular formula is C29H32F3IN2O5. The number of aliphatic hydroxyl groups excluding tert-OH is 2. The normalized spacial score (nSPS) is 21.9. The fourth-order valence-electron chi connectivity index (χ4n) is 5.33. The van der Waals surface area contributed by atoms with Crippen molar-refractivity contribution in [2.24, 2.45) is 0 Å². The number of aliphatic hydroxyl groups is 2. The molecule has 3 N–H and O–H groups in total. The highest BCUT2D eigenvalue weighted by Gasteiger charge is 2.43. The molecule has 4 rings (SSSR count). The van der Waals surface area contributed by atoms with E-state index in [1.807, 2.05) is 12.1 Å². The first kappa shape index (κ1) is 30.3. The van der Waals surface area contributed by atoms with E-state index in [0.29, 0.717) is 24.2 Å². The highest BCUT2D eigenvalue weighted by Crippen LogP contribution is 2.35. The third-order valence-corrected chi connectivity index (χ3v) is 8.22. The minimum atomic E-state index is -4.54. The van der Waals surface area contributed by atoms with Crippen LogP contribution in [0.1, 0.15) is 54.4 Å². The van der Waals surface area contributed by atoms with E-state index in [-0.39, 0.29) is 31.2 Å². The van der Waals surface area contributed by atoms with E-state index in [9.17, 15) is 33.0 Å². The molecule has 3 unspecified atom stereocenters. The molecule has 1 saturated carbocycles. The Balaban J connectivity index is 1.71. The summed E-state index contributed by atoms with van der Waals surface area (Å²) < 4.78 is 46.5. The van der Waals surface area contributed by atoms with E-state index in [1.54, 1.807) is 23.1 Å². The second-order valence-corrected chi connectivity index (χ2v) is 11.2. The minimum absolute atomic E-state index is 0.0209. The molecule has 2 aromatic carbocycles. The van der Waals surface area contributed by atoms with Crippen LogP contribution in [0.2, 0.25) is 0 Å². The number of hydrogen-bond donors (Lipinski definition) is 3. The Bertz CT molecular complexity index is 1210. The van der Waals surface area contributed by atoms with Crippen molar-refractivity contribution in [1.82, 2.24) is 10.2 Å². The molecule has 0 saturated heterocycles. The first-order chi connectivity index (χ1) is 19.1. The molecule has 1 fully saturated rings. The van der Waals surface area contributed by atoms with Gasteiger partial charge in [-0.1, -0.05) is 31.4 Å². The van der Waals surface area contributed by atoms with Gasteiger partial charge in [-0.05, 0) is 77.9 Å². The zero-order chi connectivity index (χ0) is 28.9. The predicted octanol–water partition coefficient (Wildman–Crippen LogP) is 4.70. The summed E-state index contributed by atoms with van der Waals surface area (Å²) in [5, 5.41) is 23.4. The maximum absolute atomic E-state index is 14.0. The van der Waals surface area contributed by atoms with Gasteiger partial charge in [-0.15, -0.1) is 0 Å². The Hall–Kier alpha value is -2.64. The molecule has 2 aliphatic rings. The van der Waals surface area contributed by atoms with Crippen LogP contribution in [-0.4, -0.2) is 64.4 Å². The summed E-state index contributed by atoms with van der Waals surface area (Å²) in [5.74, 6) is -0.458. The predicted molar refractivity (Wildman–Crippen MR) is 151 cm³/mol. The third kappa shape index (κ3) is 7.16. The lowest BCUT2D eigenvalue weighted by Crippen LogP contribution is -2.58. The fraction of sp³-hybridized carbons (Fsp3) is 0.448. The summed E-state index contributed by atoms with van der Waals surface area (Å²) >= 11 is 2.10. The van der Waals surface area contributed by atoms with Crippen molar-refractivity contribution in [2.75, 3.05) is 13.2 Å². The Morgan fingerprint density at radius 3 is 2.35 bits per heavy atom. The van der Waals surface area contributed by atoms with Crippen molar-refractivity contribution in [1.29, 1.82) is 0 Å². The van der Waals surface area contributed by atoms with Crippen molar-refractivity contribution >= 4 is 34.4 Å². The topological polar surface area (TPSA) is 99.1 Å². The molecule has 2 aliphatic carbocycles. The molecule has 0 radical (unpaired) electrons. The standard InChI is InChI=1S/C29H32F3IN2O5/c30-29(31,32)20-12-10-18(11-13-20)28(39)35(21-6-2-1-3-7-21)23-16-19(27(38)34-14-15-36)17-25(26(23)37)40-24-9-5-4-8-22(24)33/h4-5,8-13,17,21,23,25-26,36-37H,1-3,6-7,14-16H2,(H,34,38). The van der Waals surface area contributed by atoms with Crippen LogP contribution in [0.15, 0.2) is 60.2 Å². The molecule has 2 amide bonds. The summed E-state index contributed by atoms with van der Waals surface area (Å²) in [7, 11) is 0. The first-order valence-corrected chi connectivity index (χ1v) is 14.4. The summed E-state index contributed by atoms with van der Waals surface area (Å²) in [4.78, 5) is 28.5. The van der Waals surface area contributed by atoms with Gasteiger partial charge in [0.1, 0.15) is 18.0 Å². The van der Waals surface area contributed by atoms with Crippen LogP contribution in [0.4, 0.5) is 13.2 Å². The van der Waals surface area contributed by atoms with Crippen molar-refractivity contribution in [2.45, 2.75) is 69.0 Å². The van der Waals surface area contributed by atoms with Crippen molar-refractivity contribution < 1.29 is 37.7 Å². The number of benzene rings is 2. The van der Waals surface area contributed by atoms with Gasteiger partial charge in [0.25, 0.3) is 5.91 Å². The highest BCUT2D eigenvalue weighted by molar-refractivity contribution is 14.1. The molecule has 3 atom stereocenters. The molecule has 216 valence electrons. The number of para-hydroxylation sites is 1. The van der Waals surface area contributed by atoms with E-state index < -0.39 is 41.8 Å². The van der Waals surface area contributed by atoms with Crippen LogP contribution in [-0.2, 0) is 11.0 Å². The van der Waals surface area contributed by atoms with Gasteiger partial charge in [-0.25, -0.2) is 0 Å². The van der Waals surface area contributed by atoms with Crippen LogP contribution in [0.3, 0.4) is 0 Å². The molecule has 40 heavy (non-hydrogen) atoms. The quantitative estimate of drug-likeness (QED) is 0.354. The number of hydrogen-bond acceptors (Lipinski definition) is 5. The first-order valence-electron chi connectivity index (χ1n) is 13.3. The Kier molecular flexibility index (Phi) is 10.1. The maximum Gasteiger partial charge on any atom is 0.416 e. The molecule has 0 bridgehead atoms. The van der Waals surface area contributed by atoms with Crippen LogP contribution in [0.5, 0.6) is 5.75 Å². The van der Waals surface area contributed by atoms with E-state index >= 15 is 0 Å². The van der Waals surface area contributed by atoms with Crippen molar-refractivity contribution in [3.63, 3.8) is 0 Å². The van der Waals surface area contributed by atoms with Gasteiger partial charge in [0.15, 0.2) is 0 Å². The van der Waals surface area contributed by atoms with Gasteiger partial charge in [-0.2, -0.15) is 13.2 Å². The van der Waals surface area contributed by atoms with Crippen LogP contribution < -0.4 is 10.1 Å². The fourth-order valence-corrected chi connectivity index (χ4v) is 5.85. The molecule has 7 nitrogen and oxygen atoms in total. The molecule has 2 aromatic rings. The zero-order valence-corrected chi connectivity index (χ0v) is 23.9. The number of ether oxygens (including phenoxy) is 1. The van der Waals surface area contributed by atoms with Crippen LogP contribution in [0, 0.1) is 3.57 Å². The lowest BCUT2D eigenvalue weighted by Gasteiger charge is -2.45. The van der Waals surface area contributed by atoms with Crippen molar-refractivity contribution in [3.8, 4) is 5.75 Å². The molecule has 0 aliphatic heterocycles. The summed E-state index contributed by atoms with van der Waals surface area (Å²) in [6.45, 7) is -0.226. The van der Waals surface area contributed by atoms with E-state index in [0.717, 1.165) is 47.1 Å². The number of carbonyl (C=O) groups excluding carboxylic acids is 2. The number of halogens is 4. The average molecular weight is 672 g/mol. The molecule has 0 spiro atoms.